The second-order valence-corrected chi connectivity index (χ2v) is 6.62. The van der Waals surface area contributed by atoms with Crippen molar-refractivity contribution in [1.82, 2.24) is 5.32 Å². The lowest BCUT2D eigenvalue weighted by Gasteiger charge is -2.08. The Morgan fingerprint density at radius 1 is 1.17 bits per heavy atom. The van der Waals surface area contributed by atoms with E-state index in [4.69, 9.17) is 0 Å². The fourth-order valence-corrected chi connectivity index (χ4v) is 3.70. The Bertz CT molecular complexity index is 573. The summed E-state index contributed by atoms with van der Waals surface area (Å²) in [6.07, 6.45) is 3.39. The summed E-state index contributed by atoms with van der Waals surface area (Å²) in [5.74, 6) is 0. The number of hydrogen-bond donors (Lipinski definition) is 1. The largest absolute Gasteiger partial charge is 0.384 e. The third-order valence-corrected chi connectivity index (χ3v) is 5.23. The van der Waals surface area contributed by atoms with Crippen LogP contribution in [0.4, 0.5) is 0 Å². The van der Waals surface area contributed by atoms with Gasteiger partial charge in [-0.25, -0.2) is 8.42 Å². The number of rotatable bonds is 5. The molecule has 0 atom stereocenters. The van der Waals surface area contributed by atoms with Gasteiger partial charge in [0.25, 0.3) is 0 Å². The zero-order valence-electron chi connectivity index (χ0n) is 10.9. The van der Waals surface area contributed by atoms with Gasteiger partial charge in [-0.2, -0.15) is 0 Å². The maximum Gasteiger partial charge on any atom is 0.205 e. The molecule has 0 amide bonds. The SMILES string of the molecule is CCCCCNC1=C(C)S(=O)(=O)c2ccccc21. The average Bonchev–Trinajstić information content (AvgIpc) is 2.56. The Kier molecular flexibility index (Phi) is 3.76. The van der Waals surface area contributed by atoms with E-state index in [1.807, 2.05) is 12.1 Å². The Morgan fingerprint density at radius 2 is 1.89 bits per heavy atom. The van der Waals surface area contributed by atoms with Crippen LogP contribution in [-0.2, 0) is 9.84 Å². The molecule has 98 valence electrons. The van der Waals surface area contributed by atoms with Crippen LogP contribution in [0.5, 0.6) is 0 Å². The summed E-state index contributed by atoms with van der Waals surface area (Å²) in [6, 6.07) is 7.19. The van der Waals surface area contributed by atoms with Crippen molar-refractivity contribution in [2.75, 3.05) is 6.54 Å². The lowest BCUT2D eigenvalue weighted by molar-refractivity contribution is 0.603. The van der Waals surface area contributed by atoms with E-state index in [9.17, 15) is 8.42 Å². The highest BCUT2D eigenvalue weighted by Crippen LogP contribution is 2.36. The predicted octanol–water partition coefficient (Wildman–Crippen LogP) is 2.94. The maximum atomic E-state index is 12.2. The molecule has 4 heteroatoms. The van der Waals surface area contributed by atoms with E-state index in [0.717, 1.165) is 37.1 Å². The van der Waals surface area contributed by atoms with Crippen molar-refractivity contribution >= 4 is 15.5 Å². The molecule has 2 rings (SSSR count). The Balaban J connectivity index is 2.27. The van der Waals surface area contributed by atoms with Crippen LogP contribution in [0.2, 0.25) is 0 Å². The molecule has 1 heterocycles. The number of sulfone groups is 1. The standard InChI is InChI=1S/C14H19NO2S/c1-3-4-7-10-15-14-11(2)18(16,17)13-9-6-5-8-12(13)14/h5-6,8-9,15H,3-4,7,10H2,1-2H3. The van der Waals surface area contributed by atoms with Gasteiger partial charge >= 0.3 is 0 Å². The van der Waals surface area contributed by atoms with Gasteiger partial charge in [-0.15, -0.1) is 0 Å². The molecule has 0 unspecified atom stereocenters. The lowest BCUT2D eigenvalue weighted by atomic mass is 10.1. The minimum absolute atomic E-state index is 0.431. The van der Waals surface area contributed by atoms with Crippen molar-refractivity contribution < 1.29 is 8.42 Å². The van der Waals surface area contributed by atoms with Gasteiger partial charge in [-0.05, 0) is 19.4 Å². The summed E-state index contributed by atoms with van der Waals surface area (Å²) in [4.78, 5) is 0.876. The number of benzene rings is 1. The van der Waals surface area contributed by atoms with Crippen LogP contribution in [0.3, 0.4) is 0 Å². The molecule has 1 aliphatic rings. The van der Waals surface area contributed by atoms with E-state index in [1.54, 1.807) is 19.1 Å². The molecule has 1 aromatic carbocycles. The Hall–Kier alpha value is -1.29. The second kappa shape index (κ2) is 5.14. The third-order valence-electron chi connectivity index (χ3n) is 3.28. The highest BCUT2D eigenvalue weighted by Gasteiger charge is 2.32. The van der Waals surface area contributed by atoms with Crippen LogP contribution in [-0.4, -0.2) is 15.0 Å². The summed E-state index contributed by atoms with van der Waals surface area (Å²) in [5.41, 5.74) is 1.59. The van der Waals surface area contributed by atoms with E-state index >= 15 is 0 Å². The molecule has 3 nitrogen and oxygen atoms in total. The highest BCUT2D eigenvalue weighted by molar-refractivity contribution is 7.95. The van der Waals surface area contributed by atoms with E-state index in [-0.39, 0.29) is 0 Å². The molecule has 1 aliphatic heterocycles. The molecule has 0 fully saturated rings. The second-order valence-electron chi connectivity index (χ2n) is 4.56. The molecule has 1 aromatic rings. The van der Waals surface area contributed by atoms with Crippen molar-refractivity contribution in [3.8, 4) is 0 Å². The van der Waals surface area contributed by atoms with Crippen molar-refractivity contribution in [2.45, 2.75) is 38.0 Å². The molecule has 0 spiro atoms. The lowest BCUT2D eigenvalue weighted by Crippen LogP contribution is -2.13. The van der Waals surface area contributed by atoms with Crippen molar-refractivity contribution in [3.05, 3.63) is 34.7 Å². The molecule has 0 bridgehead atoms. The molecule has 0 radical (unpaired) electrons. The van der Waals surface area contributed by atoms with Gasteiger partial charge in [0.1, 0.15) is 0 Å². The quantitative estimate of drug-likeness (QED) is 0.833. The van der Waals surface area contributed by atoms with Crippen LogP contribution in [0.15, 0.2) is 34.1 Å². The predicted molar refractivity (Wildman–Crippen MR) is 73.7 cm³/mol. The normalized spacial score (nSPS) is 16.8. The summed E-state index contributed by atoms with van der Waals surface area (Å²) in [5, 5.41) is 3.28. The minimum Gasteiger partial charge on any atom is -0.384 e. The van der Waals surface area contributed by atoms with Gasteiger partial charge in [-0.1, -0.05) is 38.0 Å². The molecule has 1 N–H and O–H groups in total. The van der Waals surface area contributed by atoms with Crippen LogP contribution in [0.25, 0.3) is 5.70 Å². The van der Waals surface area contributed by atoms with Crippen LogP contribution in [0, 0.1) is 0 Å². The first-order valence-corrected chi connectivity index (χ1v) is 7.86. The first-order chi connectivity index (χ1) is 8.59. The maximum absolute atomic E-state index is 12.2. The minimum atomic E-state index is -3.26. The molecule has 0 aromatic heterocycles. The van der Waals surface area contributed by atoms with Gasteiger partial charge in [0.05, 0.1) is 15.5 Å². The summed E-state index contributed by atoms with van der Waals surface area (Å²) in [7, 11) is -3.26. The van der Waals surface area contributed by atoms with Gasteiger partial charge < -0.3 is 5.32 Å². The average molecular weight is 265 g/mol. The van der Waals surface area contributed by atoms with Crippen molar-refractivity contribution in [2.24, 2.45) is 0 Å². The van der Waals surface area contributed by atoms with E-state index in [1.165, 1.54) is 0 Å². The molecular formula is C14H19NO2S. The zero-order chi connectivity index (χ0) is 13.2. The number of unbranched alkanes of at least 4 members (excludes halogenated alkanes) is 2. The van der Waals surface area contributed by atoms with Crippen molar-refractivity contribution in [1.29, 1.82) is 0 Å². The van der Waals surface area contributed by atoms with Crippen LogP contribution < -0.4 is 5.32 Å². The fraction of sp³-hybridized carbons (Fsp3) is 0.429. The molecular weight excluding hydrogens is 246 g/mol. The molecule has 0 saturated heterocycles. The zero-order valence-corrected chi connectivity index (χ0v) is 11.7. The first-order valence-electron chi connectivity index (χ1n) is 6.38. The number of nitrogens with one attached hydrogen (secondary N) is 1. The number of fused-ring (bicyclic) bond motifs is 1. The van der Waals surface area contributed by atoms with Crippen LogP contribution in [0.1, 0.15) is 38.7 Å². The van der Waals surface area contributed by atoms with E-state index in [0.29, 0.717) is 9.80 Å². The summed E-state index contributed by atoms with van der Waals surface area (Å²) >= 11 is 0. The first kappa shape index (κ1) is 13.1. The number of allylic oxidation sites excluding steroid dienone is 1. The summed E-state index contributed by atoms with van der Waals surface area (Å²) < 4.78 is 24.4. The monoisotopic (exact) mass is 265 g/mol. The Morgan fingerprint density at radius 3 is 2.61 bits per heavy atom. The van der Waals surface area contributed by atoms with Gasteiger partial charge in [0.2, 0.25) is 9.84 Å². The van der Waals surface area contributed by atoms with Gasteiger partial charge in [0.15, 0.2) is 0 Å². The van der Waals surface area contributed by atoms with Gasteiger partial charge in [0, 0.05) is 12.1 Å². The van der Waals surface area contributed by atoms with E-state index < -0.39 is 9.84 Å². The smallest absolute Gasteiger partial charge is 0.205 e. The molecule has 0 saturated carbocycles. The van der Waals surface area contributed by atoms with Crippen LogP contribution >= 0.6 is 0 Å². The highest BCUT2D eigenvalue weighted by atomic mass is 32.2. The van der Waals surface area contributed by atoms with Gasteiger partial charge in [-0.3, -0.25) is 0 Å². The van der Waals surface area contributed by atoms with E-state index in [2.05, 4.69) is 12.2 Å². The molecule has 0 aliphatic carbocycles. The molecule has 18 heavy (non-hydrogen) atoms. The number of hydrogen-bond acceptors (Lipinski definition) is 3. The Labute approximate surface area is 109 Å². The van der Waals surface area contributed by atoms with Crippen molar-refractivity contribution in [3.63, 3.8) is 0 Å². The summed E-state index contributed by atoms with van der Waals surface area (Å²) in [6.45, 7) is 4.65. The fourth-order valence-electron chi connectivity index (χ4n) is 2.20. The third kappa shape index (κ3) is 2.17. The topological polar surface area (TPSA) is 46.2 Å².